The summed E-state index contributed by atoms with van der Waals surface area (Å²) in [5, 5.41) is 8.07. The summed E-state index contributed by atoms with van der Waals surface area (Å²) in [5.41, 5.74) is 0. The molecule has 0 radical (unpaired) electrons. The normalized spacial score (nSPS) is 9.71. The number of hydrogen-bond acceptors (Lipinski definition) is 1. The lowest BCUT2D eigenvalue weighted by Gasteiger charge is -1.83. The highest BCUT2D eigenvalue weighted by atomic mass is 28.2. The maximum atomic E-state index is 8.07. The second-order valence-corrected chi connectivity index (χ2v) is 4.03. The number of rotatable bonds is 3. The molecule has 0 fully saturated rings. The number of hydrogen-bond donors (Lipinski definition) is 0. The van der Waals surface area contributed by atoms with E-state index in [9.17, 15) is 0 Å². The van der Waals surface area contributed by atoms with E-state index in [1.54, 1.807) is 0 Å². The number of nitrogens with zero attached hydrogens (tertiary/aromatic N) is 1. The standard InChI is InChI=1S/C5H11NSi/c1-2-7-5-3-4-6/h2-3,5,7H2,1H3. The Labute approximate surface area is 47.2 Å². The highest BCUT2D eigenvalue weighted by molar-refractivity contribution is 6.35. The molecule has 40 valence electrons. The van der Waals surface area contributed by atoms with Gasteiger partial charge in [-0.05, 0) is 6.04 Å². The molecule has 0 atom stereocenters. The zero-order chi connectivity index (χ0) is 5.54. The van der Waals surface area contributed by atoms with Crippen LogP contribution in [-0.4, -0.2) is 9.52 Å². The van der Waals surface area contributed by atoms with Gasteiger partial charge in [0.15, 0.2) is 0 Å². The average molecular weight is 113 g/mol. The van der Waals surface area contributed by atoms with E-state index >= 15 is 0 Å². The molecule has 0 aromatic heterocycles. The van der Waals surface area contributed by atoms with Crippen molar-refractivity contribution >= 4 is 9.52 Å². The number of nitriles is 1. The van der Waals surface area contributed by atoms with Crippen LogP contribution in [0.3, 0.4) is 0 Å². The van der Waals surface area contributed by atoms with E-state index in [4.69, 9.17) is 5.26 Å². The topological polar surface area (TPSA) is 23.8 Å². The van der Waals surface area contributed by atoms with Gasteiger partial charge in [0, 0.05) is 15.9 Å². The second-order valence-electron chi connectivity index (χ2n) is 1.62. The Morgan fingerprint density at radius 2 is 2.43 bits per heavy atom. The Morgan fingerprint density at radius 3 is 2.86 bits per heavy atom. The fourth-order valence-corrected chi connectivity index (χ4v) is 1.36. The maximum Gasteiger partial charge on any atom is 0.0618 e. The monoisotopic (exact) mass is 113 g/mol. The van der Waals surface area contributed by atoms with Crippen LogP contribution in [0.15, 0.2) is 0 Å². The van der Waals surface area contributed by atoms with Crippen LogP contribution in [0.4, 0.5) is 0 Å². The largest absolute Gasteiger partial charge is 0.198 e. The molecule has 1 nitrogen and oxygen atoms in total. The third kappa shape index (κ3) is 5.71. The average Bonchev–Trinajstić information content (AvgIpc) is 1.69. The summed E-state index contributed by atoms with van der Waals surface area (Å²) in [7, 11) is 0.188. The van der Waals surface area contributed by atoms with Crippen LogP contribution in [0.2, 0.25) is 12.1 Å². The van der Waals surface area contributed by atoms with Crippen LogP contribution in [0.1, 0.15) is 13.3 Å². The van der Waals surface area contributed by atoms with Crippen LogP contribution in [0, 0.1) is 11.3 Å². The van der Waals surface area contributed by atoms with Gasteiger partial charge in [0.05, 0.1) is 6.07 Å². The summed E-state index contributed by atoms with van der Waals surface area (Å²) in [6.45, 7) is 2.20. The minimum absolute atomic E-state index is 0.188. The Balaban J connectivity index is 2.60. The predicted molar refractivity (Wildman–Crippen MR) is 34.1 cm³/mol. The van der Waals surface area contributed by atoms with Gasteiger partial charge in [-0.1, -0.05) is 13.0 Å². The van der Waals surface area contributed by atoms with Crippen molar-refractivity contribution in [3.05, 3.63) is 0 Å². The molecule has 0 saturated carbocycles. The van der Waals surface area contributed by atoms with Gasteiger partial charge in [0.2, 0.25) is 0 Å². The van der Waals surface area contributed by atoms with Crippen molar-refractivity contribution in [1.82, 2.24) is 0 Å². The third-order valence-electron chi connectivity index (χ3n) is 0.892. The van der Waals surface area contributed by atoms with E-state index < -0.39 is 0 Å². The predicted octanol–water partition coefficient (Wildman–Crippen LogP) is 0.925. The zero-order valence-corrected chi connectivity index (χ0v) is 6.19. The first-order valence-corrected chi connectivity index (χ1v) is 4.78. The summed E-state index contributed by atoms with van der Waals surface area (Å²) in [6.07, 6.45) is 0.792. The maximum absolute atomic E-state index is 8.07. The summed E-state index contributed by atoms with van der Waals surface area (Å²) in [6, 6.07) is 4.70. The van der Waals surface area contributed by atoms with Gasteiger partial charge in [-0.15, -0.1) is 0 Å². The molecule has 0 aliphatic heterocycles. The van der Waals surface area contributed by atoms with Crippen molar-refractivity contribution in [2.24, 2.45) is 0 Å². The molecule has 2 heteroatoms. The first-order valence-electron chi connectivity index (χ1n) is 2.78. The Hall–Kier alpha value is -0.293. The Bertz CT molecular complexity index is 65.0. The van der Waals surface area contributed by atoms with E-state index in [1.807, 2.05) is 0 Å². The van der Waals surface area contributed by atoms with E-state index in [0.717, 1.165) is 6.42 Å². The highest BCUT2D eigenvalue weighted by Crippen LogP contribution is 1.87. The fraction of sp³-hybridized carbons (Fsp3) is 0.800. The van der Waals surface area contributed by atoms with Crippen molar-refractivity contribution in [2.45, 2.75) is 25.4 Å². The molecule has 0 spiro atoms. The molecule has 7 heavy (non-hydrogen) atoms. The van der Waals surface area contributed by atoms with Gasteiger partial charge in [0.1, 0.15) is 0 Å². The van der Waals surface area contributed by atoms with Crippen LogP contribution in [0.25, 0.3) is 0 Å². The Kier molecular flexibility index (Phi) is 5.47. The van der Waals surface area contributed by atoms with Gasteiger partial charge in [-0.2, -0.15) is 5.26 Å². The SMILES string of the molecule is CC[SiH2]CCC#N. The van der Waals surface area contributed by atoms with Gasteiger partial charge in [-0.25, -0.2) is 0 Å². The van der Waals surface area contributed by atoms with Crippen LogP contribution in [-0.2, 0) is 0 Å². The van der Waals surface area contributed by atoms with Crippen molar-refractivity contribution in [1.29, 1.82) is 5.26 Å². The lowest BCUT2D eigenvalue weighted by Crippen LogP contribution is -1.81. The molecule has 0 saturated heterocycles. The highest BCUT2D eigenvalue weighted by Gasteiger charge is 1.80. The molecule has 0 aliphatic rings. The molecule has 0 unspecified atom stereocenters. The molecular weight excluding hydrogens is 102 g/mol. The van der Waals surface area contributed by atoms with Crippen molar-refractivity contribution in [3.63, 3.8) is 0 Å². The summed E-state index contributed by atoms with van der Waals surface area (Å²) in [5.74, 6) is 0. The molecule has 0 aliphatic carbocycles. The first kappa shape index (κ1) is 6.71. The lowest BCUT2D eigenvalue weighted by molar-refractivity contribution is 1.19. The minimum atomic E-state index is 0.188. The van der Waals surface area contributed by atoms with Crippen LogP contribution < -0.4 is 0 Å². The van der Waals surface area contributed by atoms with E-state index in [-0.39, 0.29) is 9.52 Å². The first-order chi connectivity index (χ1) is 3.41. The Morgan fingerprint density at radius 1 is 1.71 bits per heavy atom. The van der Waals surface area contributed by atoms with Crippen molar-refractivity contribution < 1.29 is 0 Å². The van der Waals surface area contributed by atoms with Crippen molar-refractivity contribution in [3.8, 4) is 6.07 Å². The molecule has 0 bridgehead atoms. The lowest BCUT2D eigenvalue weighted by atomic mass is 10.6. The zero-order valence-electron chi connectivity index (χ0n) is 4.78. The fourth-order valence-electron chi connectivity index (χ4n) is 0.454. The molecule has 0 aromatic rings. The van der Waals surface area contributed by atoms with E-state index in [0.29, 0.717) is 0 Å². The van der Waals surface area contributed by atoms with E-state index in [2.05, 4.69) is 13.0 Å². The third-order valence-corrected chi connectivity index (χ3v) is 2.45. The van der Waals surface area contributed by atoms with Crippen molar-refractivity contribution in [2.75, 3.05) is 0 Å². The van der Waals surface area contributed by atoms with Gasteiger partial charge >= 0.3 is 0 Å². The van der Waals surface area contributed by atoms with Gasteiger partial charge in [0.25, 0.3) is 0 Å². The van der Waals surface area contributed by atoms with Crippen LogP contribution >= 0.6 is 0 Å². The summed E-state index contributed by atoms with van der Waals surface area (Å²) < 4.78 is 0. The summed E-state index contributed by atoms with van der Waals surface area (Å²) in [4.78, 5) is 0. The minimum Gasteiger partial charge on any atom is -0.198 e. The van der Waals surface area contributed by atoms with Gasteiger partial charge in [-0.3, -0.25) is 0 Å². The van der Waals surface area contributed by atoms with Gasteiger partial charge < -0.3 is 0 Å². The molecule has 0 heterocycles. The molecular formula is C5H11NSi. The quantitative estimate of drug-likeness (QED) is 0.394. The van der Waals surface area contributed by atoms with Crippen LogP contribution in [0.5, 0.6) is 0 Å². The molecule has 0 N–H and O–H groups in total. The molecule has 0 aromatic carbocycles. The van der Waals surface area contributed by atoms with E-state index in [1.165, 1.54) is 12.1 Å². The molecule has 0 rings (SSSR count). The smallest absolute Gasteiger partial charge is 0.0618 e. The summed E-state index contributed by atoms with van der Waals surface area (Å²) >= 11 is 0. The second kappa shape index (κ2) is 5.71. The molecule has 0 amide bonds.